The van der Waals surface area contributed by atoms with Gasteiger partial charge in [-0.1, -0.05) is 12.8 Å². The Morgan fingerprint density at radius 3 is 2.59 bits per heavy atom. The van der Waals surface area contributed by atoms with E-state index in [1.54, 1.807) is 0 Å². The standard InChI is InChI=1S/C14H25NO2/c16-14(17)9-3-4-10-15-11-5-8-13(15)12-6-1-2-7-12/h12-13H,1-11H2,(H,16,17). The first-order chi connectivity index (χ1) is 8.27. The number of hydrogen-bond donors (Lipinski definition) is 1. The molecule has 1 aliphatic heterocycles. The zero-order valence-electron chi connectivity index (χ0n) is 10.7. The van der Waals surface area contributed by atoms with Crippen molar-refractivity contribution < 1.29 is 9.90 Å². The van der Waals surface area contributed by atoms with E-state index in [2.05, 4.69) is 4.90 Å². The number of carboxylic acids is 1. The van der Waals surface area contributed by atoms with E-state index < -0.39 is 5.97 Å². The van der Waals surface area contributed by atoms with Crippen molar-refractivity contribution in [1.29, 1.82) is 0 Å². The SMILES string of the molecule is O=C(O)CCCCN1CCCC1C1CCCC1. The Labute approximate surface area is 104 Å². The highest BCUT2D eigenvalue weighted by atomic mass is 16.4. The molecule has 1 aliphatic carbocycles. The number of likely N-dealkylation sites (tertiary alicyclic amines) is 1. The molecule has 0 radical (unpaired) electrons. The molecule has 2 aliphatic rings. The van der Waals surface area contributed by atoms with Gasteiger partial charge in [0.1, 0.15) is 0 Å². The first-order valence-corrected chi connectivity index (χ1v) is 7.23. The molecule has 0 aromatic carbocycles. The molecule has 17 heavy (non-hydrogen) atoms. The van der Waals surface area contributed by atoms with Crippen LogP contribution in [0.4, 0.5) is 0 Å². The largest absolute Gasteiger partial charge is 0.481 e. The van der Waals surface area contributed by atoms with E-state index in [0.29, 0.717) is 6.42 Å². The number of carbonyl (C=O) groups is 1. The summed E-state index contributed by atoms with van der Waals surface area (Å²) in [7, 11) is 0. The van der Waals surface area contributed by atoms with Crippen molar-refractivity contribution in [2.24, 2.45) is 5.92 Å². The number of hydrogen-bond acceptors (Lipinski definition) is 2. The van der Waals surface area contributed by atoms with Crippen molar-refractivity contribution in [2.75, 3.05) is 13.1 Å². The van der Waals surface area contributed by atoms with Crippen LogP contribution in [0.3, 0.4) is 0 Å². The highest BCUT2D eigenvalue weighted by molar-refractivity contribution is 5.66. The summed E-state index contributed by atoms with van der Waals surface area (Å²) < 4.78 is 0. The van der Waals surface area contributed by atoms with E-state index in [9.17, 15) is 4.79 Å². The van der Waals surface area contributed by atoms with Crippen LogP contribution < -0.4 is 0 Å². The third-order valence-corrected chi connectivity index (χ3v) is 4.44. The smallest absolute Gasteiger partial charge is 0.303 e. The third kappa shape index (κ3) is 3.70. The molecule has 98 valence electrons. The van der Waals surface area contributed by atoms with Crippen molar-refractivity contribution in [2.45, 2.75) is 63.8 Å². The second-order valence-corrected chi connectivity index (χ2v) is 5.64. The normalized spacial score (nSPS) is 26.7. The first kappa shape index (κ1) is 12.9. The van der Waals surface area contributed by atoms with Crippen LogP contribution in [-0.2, 0) is 4.79 Å². The topological polar surface area (TPSA) is 40.5 Å². The maximum atomic E-state index is 10.5. The third-order valence-electron chi connectivity index (χ3n) is 4.44. The molecule has 0 bridgehead atoms. The molecule has 0 aromatic heterocycles. The molecule has 0 aromatic rings. The van der Waals surface area contributed by atoms with Crippen LogP contribution in [0.1, 0.15) is 57.8 Å². The van der Waals surface area contributed by atoms with Gasteiger partial charge in [-0.2, -0.15) is 0 Å². The maximum Gasteiger partial charge on any atom is 0.303 e. The van der Waals surface area contributed by atoms with Gasteiger partial charge in [-0.25, -0.2) is 0 Å². The van der Waals surface area contributed by atoms with E-state index >= 15 is 0 Å². The van der Waals surface area contributed by atoms with Crippen LogP contribution >= 0.6 is 0 Å². The number of unbranched alkanes of at least 4 members (excludes halogenated alkanes) is 1. The predicted molar refractivity (Wildman–Crippen MR) is 68.0 cm³/mol. The summed E-state index contributed by atoms with van der Waals surface area (Å²) >= 11 is 0. The Morgan fingerprint density at radius 2 is 1.88 bits per heavy atom. The van der Waals surface area contributed by atoms with E-state index in [1.807, 2.05) is 0 Å². The van der Waals surface area contributed by atoms with Crippen LogP contribution in [-0.4, -0.2) is 35.1 Å². The minimum absolute atomic E-state index is 0.335. The van der Waals surface area contributed by atoms with Crippen LogP contribution in [0.15, 0.2) is 0 Å². The van der Waals surface area contributed by atoms with E-state index in [1.165, 1.54) is 45.1 Å². The van der Waals surface area contributed by atoms with Crippen molar-refractivity contribution in [3.05, 3.63) is 0 Å². The molecule has 0 amide bonds. The van der Waals surface area contributed by atoms with E-state index in [0.717, 1.165) is 31.3 Å². The summed E-state index contributed by atoms with van der Waals surface area (Å²) in [6.07, 6.45) is 10.7. The second kappa shape index (κ2) is 6.39. The number of aliphatic carboxylic acids is 1. The summed E-state index contributed by atoms with van der Waals surface area (Å²) in [5.74, 6) is 0.288. The van der Waals surface area contributed by atoms with Crippen LogP contribution in [0.2, 0.25) is 0 Å². The van der Waals surface area contributed by atoms with Gasteiger partial charge >= 0.3 is 5.97 Å². The lowest BCUT2D eigenvalue weighted by Crippen LogP contribution is -2.35. The fourth-order valence-corrected chi connectivity index (χ4v) is 3.60. The zero-order valence-corrected chi connectivity index (χ0v) is 10.7. The Hall–Kier alpha value is -0.570. The summed E-state index contributed by atoms with van der Waals surface area (Å²) in [4.78, 5) is 13.1. The lowest BCUT2D eigenvalue weighted by Gasteiger charge is -2.29. The Balaban J connectivity index is 1.69. The maximum absolute atomic E-state index is 10.5. The van der Waals surface area contributed by atoms with Crippen molar-refractivity contribution in [3.8, 4) is 0 Å². The molecule has 1 heterocycles. The zero-order chi connectivity index (χ0) is 12.1. The quantitative estimate of drug-likeness (QED) is 0.725. The van der Waals surface area contributed by atoms with Gasteiger partial charge in [-0.3, -0.25) is 4.79 Å². The average Bonchev–Trinajstić information content (AvgIpc) is 2.94. The highest BCUT2D eigenvalue weighted by Crippen LogP contribution is 2.35. The van der Waals surface area contributed by atoms with Gasteiger partial charge in [-0.05, 0) is 57.5 Å². The fraction of sp³-hybridized carbons (Fsp3) is 0.929. The Bertz CT molecular complexity index is 249. The van der Waals surface area contributed by atoms with Crippen LogP contribution in [0.5, 0.6) is 0 Å². The van der Waals surface area contributed by atoms with Crippen molar-refractivity contribution >= 4 is 5.97 Å². The molecule has 1 atom stereocenters. The molecule has 0 spiro atoms. The number of rotatable bonds is 6. The minimum atomic E-state index is -0.654. The summed E-state index contributed by atoms with van der Waals surface area (Å²) in [5, 5.41) is 8.62. The van der Waals surface area contributed by atoms with Gasteiger partial charge < -0.3 is 10.0 Å². The molecule has 3 nitrogen and oxygen atoms in total. The monoisotopic (exact) mass is 239 g/mol. The molecule has 1 saturated heterocycles. The lowest BCUT2D eigenvalue weighted by molar-refractivity contribution is -0.137. The molecule has 1 unspecified atom stereocenters. The van der Waals surface area contributed by atoms with Gasteiger partial charge in [0, 0.05) is 12.5 Å². The molecule has 1 N–H and O–H groups in total. The molecule has 2 fully saturated rings. The van der Waals surface area contributed by atoms with Crippen molar-refractivity contribution in [1.82, 2.24) is 4.90 Å². The average molecular weight is 239 g/mol. The van der Waals surface area contributed by atoms with E-state index in [-0.39, 0.29) is 0 Å². The Morgan fingerprint density at radius 1 is 1.12 bits per heavy atom. The van der Waals surface area contributed by atoms with Gasteiger partial charge in [0.2, 0.25) is 0 Å². The van der Waals surface area contributed by atoms with Gasteiger partial charge in [0.05, 0.1) is 0 Å². The van der Waals surface area contributed by atoms with Crippen LogP contribution in [0.25, 0.3) is 0 Å². The molecular weight excluding hydrogens is 214 g/mol. The Kier molecular flexibility index (Phi) is 4.84. The summed E-state index contributed by atoms with van der Waals surface area (Å²) in [5.41, 5.74) is 0. The van der Waals surface area contributed by atoms with Crippen LogP contribution in [0, 0.1) is 5.92 Å². The lowest BCUT2D eigenvalue weighted by atomic mass is 9.96. The molecule has 2 rings (SSSR count). The van der Waals surface area contributed by atoms with E-state index in [4.69, 9.17) is 5.11 Å². The predicted octanol–water partition coefficient (Wildman–Crippen LogP) is 2.90. The number of nitrogens with zero attached hydrogens (tertiary/aromatic N) is 1. The molecule has 1 saturated carbocycles. The van der Waals surface area contributed by atoms with Crippen molar-refractivity contribution in [3.63, 3.8) is 0 Å². The summed E-state index contributed by atoms with van der Waals surface area (Å²) in [6.45, 7) is 2.36. The first-order valence-electron chi connectivity index (χ1n) is 7.23. The fourth-order valence-electron chi connectivity index (χ4n) is 3.60. The molecular formula is C14H25NO2. The van der Waals surface area contributed by atoms with Gasteiger partial charge in [0.15, 0.2) is 0 Å². The number of carboxylic acid groups (broad SMARTS) is 1. The highest BCUT2D eigenvalue weighted by Gasteiger charge is 2.32. The minimum Gasteiger partial charge on any atom is -0.481 e. The molecule has 3 heteroatoms. The summed E-state index contributed by atoms with van der Waals surface area (Å²) in [6, 6.07) is 0.822. The van der Waals surface area contributed by atoms with Gasteiger partial charge in [0.25, 0.3) is 0 Å². The van der Waals surface area contributed by atoms with Gasteiger partial charge in [-0.15, -0.1) is 0 Å². The second-order valence-electron chi connectivity index (χ2n) is 5.64.